The standard InChI is InChI=1S/C20H24N4O6/c1-13(2)10-17(25)21-6-3-7-22(9-8-21)18(26)12-23-19(27)15-5-4-14(24(29)30)11-16(15)20(23)28/h4-5,11,13H,3,6-10,12H2,1-2H3. The van der Waals surface area contributed by atoms with Crippen molar-refractivity contribution in [1.82, 2.24) is 14.7 Å². The van der Waals surface area contributed by atoms with Gasteiger partial charge < -0.3 is 9.80 Å². The molecule has 1 aromatic rings. The van der Waals surface area contributed by atoms with E-state index in [1.165, 1.54) is 6.07 Å². The first-order chi connectivity index (χ1) is 14.2. The van der Waals surface area contributed by atoms with Gasteiger partial charge in [-0.25, -0.2) is 0 Å². The Morgan fingerprint density at radius 3 is 2.20 bits per heavy atom. The second-order valence-electron chi connectivity index (χ2n) is 7.90. The number of rotatable bonds is 5. The maximum Gasteiger partial charge on any atom is 0.270 e. The van der Waals surface area contributed by atoms with Crippen molar-refractivity contribution in [1.29, 1.82) is 0 Å². The molecule has 0 unspecified atom stereocenters. The summed E-state index contributed by atoms with van der Waals surface area (Å²) in [4.78, 5) is 64.5. The van der Waals surface area contributed by atoms with Gasteiger partial charge in [0.25, 0.3) is 17.5 Å². The van der Waals surface area contributed by atoms with E-state index in [1.54, 1.807) is 9.80 Å². The number of nitrogens with zero attached hydrogens (tertiary/aromatic N) is 4. The number of nitro groups is 1. The van der Waals surface area contributed by atoms with Gasteiger partial charge >= 0.3 is 0 Å². The van der Waals surface area contributed by atoms with Gasteiger partial charge in [-0.1, -0.05) is 13.8 Å². The number of imide groups is 1. The maximum absolute atomic E-state index is 12.7. The molecule has 0 aromatic heterocycles. The molecule has 30 heavy (non-hydrogen) atoms. The maximum atomic E-state index is 12.7. The molecule has 0 aliphatic carbocycles. The summed E-state index contributed by atoms with van der Waals surface area (Å²) >= 11 is 0. The SMILES string of the molecule is CC(C)CC(=O)N1CCCN(C(=O)CN2C(=O)c3ccc([N+](=O)[O-])cc3C2=O)CC1. The number of non-ortho nitro benzene ring substituents is 1. The van der Waals surface area contributed by atoms with E-state index in [0.29, 0.717) is 39.0 Å². The Bertz CT molecular complexity index is 913. The molecule has 160 valence electrons. The van der Waals surface area contributed by atoms with E-state index < -0.39 is 29.2 Å². The molecule has 2 heterocycles. The van der Waals surface area contributed by atoms with Gasteiger partial charge in [0, 0.05) is 44.7 Å². The number of hydrogen-bond donors (Lipinski definition) is 0. The average molecular weight is 416 g/mol. The first kappa shape index (κ1) is 21.4. The van der Waals surface area contributed by atoms with E-state index in [9.17, 15) is 29.3 Å². The Labute approximate surface area is 173 Å². The molecule has 0 N–H and O–H groups in total. The quantitative estimate of drug-likeness (QED) is 0.405. The minimum atomic E-state index is -0.712. The van der Waals surface area contributed by atoms with Gasteiger partial charge in [0.15, 0.2) is 0 Å². The molecule has 2 aliphatic heterocycles. The van der Waals surface area contributed by atoms with Crippen LogP contribution in [0.15, 0.2) is 18.2 Å². The van der Waals surface area contributed by atoms with Crippen molar-refractivity contribution in [3.63, 3.8) is 0 Å². The molecular formula is C20H24N4O6. The zero-order chi connectivity index (χ0) is 22.0. The molecule has 4 amide bonds. The summed E-state index contributed by atoms with van der Waals surface area (Å²) in [6.45, 7) is 5.25. The number of fused-ring (bicyclic) bond motifs is 1. The molecule has 0 bridgehead atoms. The molecule has 1 fully saturated rings. The first-order valence-corrected chi connectivity index (χ1v) is 9.89. The summed E-state index contributed by atoms with van der Waals surface area (Å²) in [5.41, 5.74) is -0.301. The second kappa shape index (κ2) is 8.60. The molecule has 1 saturated heterocycles. The number of amides is 4. The van der Waals surface area contributed by atoms with Crippen molar-refractivity contribution in [3.8, 4) is 0 Å². The fourth-order valence-corrected chi connectivity index (χ4v) is 3.67. The predicted molar refractivity (Wildman–Crippen MR) is 106 cm³/mol. The summed E-state index contributed by atoms with van der Waals surface area (Å²) in [7, 11) is 0. The monoisotopic (exact) mass is 416 g/mol. The minimum absolute atomic E-state index is 0.0553. The molecule has 0 spiro atoms. The van der Waals surface area contributed by atoms with Gasteiger partial charge in [0.1, 0.15) is 6.54 Å². The zero-order valence-corrected chi connectivity index (χ0v) is 17.0. The van der Waals surface area contributed by atoms with Crippen LogP contribution in [-0.4, -0.2) is 76.0 Å². The summed E-state index contributed by atoms with van der Waals surface area (Å²) < 4.78 is 0. The van der Waals surface area contributed by atoms with Gasteiger partial charge in [-0.3, -0.25) is 34.2 Å². The normalized spacial score (nSPS) is 16.7. The Morgan fingerprint density at radius 2 is 1.60 bits per heavy atom. The van der Waals surface area contributed by atoms with Crippen LogP contribution in [0.3, 0.4) is 0 Å². The van der Waals surface area contributed by atoms with Crippen LogP contribution in [0.25, 0.3) is 0 Å². The van der Waals surface area contributed by atoms with Crippen LogP contribution in [0.5, 0.6) is 0 Å². The van der Waals surface area contributed by atoms with Gasteiger partial charge in [0.05, 0.1) is 16.1 Å². The Kier molecular flexibility index (Phi) is 6.14. The first-order valence-electron chi connectivity index (χ1n) is 9.89. The van der Waals surface area contributed by atoms with Crippen LogP contribution in [0, 0.1) is 16.0 Å². The fourth-order valence-electron chi connectivity index (χ4n) is 3.67. The third-order valence-electron chi connectivity index (χ3n) is 5.24. The topological polar surface area (TPSA) is 121 Å². The van der Waals surface area contributed by atoms with Crippen LogP contribution in [0.2, 0.25) is 0 Å². The highest BCUT2D eigenvalue weighted by Crippen LogP contribution is 2.26. The lowest BCUT2D eigenvalue weighted by Crippen LogP contribution is -2.44. The third-order valence-corrected chi connectivity index (χ3v) is 5.24. The average Bonchev–Trinajstić information content (AvgIpc) is 2.87. The van der Waals surface area contributed by atoms with E-state index in [0.717, 1.165) is 17.0 Å². The number of nitro benzene ring substituents is 1. The highest BCUT2D eigenvalue weighted by Gasteiger charge is 2.38. The van der Waals surface area contributed by atoms with Crippen molar-refractivity contribution < 1.29 is 24.1 Å². The number of carbonyl (C=O) groups excluding carboxylic acids is 4. The van der Waals surface area contributed by atoms with Crippen LogP contribution >= 0.6 is 0 Å². The van der Waals surface area contributed by atoms with Crippen LogP contribution in [0.1, 0.15) is 47.4 Å². The highest BCUT2D eigenvalue weighted by atomic mass is 16.6. The van der Waals surface area contributed by atoms with E-state index in [-0.39, 0.29) is 28.6 Å². The lowest BCUT2D eigenvalue weighted by Gasteiger charge is -2.24. The zero-order valence-electron chi connectivity index (χ0n) is 17.0. The molecule has 10 nitrogen and oxygen atoms in total. The smallest absolute Gasteiger partial charge is 0.270 e. The lowest BCUT2D eigenvalue weighted by molar-refractivity contribution is -0.384. The Morgan fingerprint density at radius 1 is 1.00 bits per heavy atom. The minimum Gasteiger partial charge on any atom is -0.341 e. The largest absolute Gasteiger partial charge is 0.341 e. The van der Waals surface area contributed by atoms with Gasteiger partial charge in [-0.15, -0.1) is 0 Å². The van der Waals surface area contributed by atoms with Crippen molar-refractivity contribution >= 4 is 29.3 Å². The number of benzene rings is 1. The van der Waals surface area contributed by atoms with E-state index in [1.807, 2.05) is 13.8 Å². The molecule has 3 rings (SSSR count). The van der Waals surface area contributed by atoms with Crippen LogP contribution < -0.4 is 0 Å². The molecule has 0 radical (unpaired) electrons. The van der Waals surface area contributed by atoms with Gasteiger partial charge in [0.2, 0.25) is 11.8 Å². The van der Waals surface area contributed by atoms with Gasteiger partial charge in [-0.05, 0) is 18.4 Å². The van der Waals surface area contributed by atoms with Crippen LogP contribution in [-0.2, 0) is 9.59 Å². The molecule has 10 heteroatoms. The number of hydrogen-bond acceptors (Lipinski definition) is 6. The lowest BCUT2D eigenvalue weighted by atomic mass is 10.1. The predicted octanol–water partition coefficient (Wildman–Crippen LogP) is 1.30. The summed E-state index contributed by atoms with van der Waals surface area (Å²) in [6.07, 6.45) is 1.07. The highest BCUT2D eigenvalue weighted by molar-refractivity contribution is 6.22. The van der Waals surface area contributed by atoms with Crippen molar-refractivity contribution in [2.24, 2.45) is 5.92 Å². The van der Waals surface area contributed by atoms with E-state index in [4.69, 9.17) is 0 Å². The van der Waals surface area contributed by atoms with E-state index in [2.05, 4.69) is 0 Å². The molecule has 0 atom stereocenters. The second-order valence-corrected chi connectivity index (χ2v) is 7.90. The summed E-state index contributed by atoms with van der Waals surface area (Å²) in [6, 6.07) is 3.46. The van der Waals surface area contributed by atoms with Crippen molar-refractivity contribution in [2.75, 3.05) is 32.7 Å². The third kappa shape index (κ3) is 4.32. The number of carbonyl (C=O) groups is 4. The summed E-state index contributed by atoms with van der Waals surface area (Å²) in [5.74, 6) is -1.43. The van der Waals surface area contributed by atoms with E-state index >= 15 is 0 Å². The van der Waals surface area contributed by atoms with Crippen molar-refractivity contribution in [3.05, 3.63) is 39.4 Å². The Hall–Kier alpha value is -3.30. The van der Waals surface area contributed by atoms with Gasteiger partial charge in [-0.2, -0.15) is 0 Å². The molecule has 2 aliphatic rings. The van der Waals surface area contributed by atoms with Crippen molar-refractivity contribution in [2.45, 2.75) is 26.7 Å². The molecule has 1 aromatic carbocycles. The Balaban J connectivity index is 1.65. The summed E-state index contributed by atoms with van der Waals surface area (Å²) in [5, 5.41) is 10.9. The van der Waals surface area contributed by atoms with Crippen LogP contribution in [0.4, 0.5) is 5.69 Å². The molecular weight excluding hydrogens is 392 g/mol. The fraction of sp³-hybridized carbons (Fsp3) is 0.500. The molecule has 0 saturated carbocycles.